The van der Waals surface area contributed by atoms with Crippen LogP contribution < -0.4 is 0 Å². The van der Waals surface area contributed by atoms with Crippen LogP contribution in [0, 0.1) is 0 Å². The third kappa shape index (κ3) is 3.55. The summed E-state index contributed by atoms with van der Waals surface area (Å²) in [5, 5.41) is 9.16. The second-order valence-corrected chi connectivity index (χ2v) is 3.32. The van der Waals surface area contributed by atoms with Gasteiger partial charge in [0.25, 0.3) is 0 Å². The third-order valence-electron chi connectivity index (χ3n) is 2.21. The fourth-order valence-corrected chi connectivity index (χ4v) is 1.40. The molecule has 0 amide bonds. The van der Waals surface area contributed by atoms with Crippen molar-refractivity contribution in [3.8, 4) is 5.75 Å². The summed E-state index contributed by atoms with van der Waals surface area (Å²) < 4.78 is 10.1. The molecule has 0 bridgehead atoms. The molecule has 0 radical (unpaired) electrons. The molecule has 1 atom stereocenters. The van der Waals surface area contributed by atoms with Gasteiger partial charge in [-0.2, -0.15) is 0 Å². The zero-order valence-corrected chi connectivity index (χ0v) is 9.47. The first kappa shape index (κ1) is 12.5. The standard InChI is InChI=1S/C12H16O4/c1-3-16-11(8-12(14)15-2)9-4-6-10(13)7-5-9/h4-7,11,13H,3,8H2,1-2H3/t11-/m0/s1. The fraction of sp³-hybridized carbons (Fsp3) is 0.417. The first-order valence-corrected chi connectivity index (χ1v) is 5.14. The molecule has 0 saturated carbocycles. The van der Waals surface area contributed by atoms with Crippen LogP contribution in [0.4, 0.5) is 0 Å². The van der Waals surface area contributed by atoms with Gasteiger partial charge in [-0.15, -0.1) is 0 Å². The highest BCUT2D eigenvalue weighted by molar-refractivity contribution is 5.70. The van der Waals surface area contributed by atoms with E-state index < -0.39 is 0 Å². The Labute approximate surface area is 94.8 Å². The van der Waals surface area contributed by atoms with Crippen LogP contribution in [0.3, 0.4) is 0 Å². The first-order valence-electron chi connectivity index (χ1n) is 5.14. The van der Waals surface area contributed by atoms with Gasteiger partial charge >= 0.3 is 5.97 Å². The quantitative estimate of drug-likeness (QED) is 0.777. The summed E-state index contributed by atoms with van der Waals surface area (Å²) in [7, 11) is 1.35. The van der Waals surface area contributed by atoms with Crippen molar-refractivity contribution in [1.29, 1.82) is 0 Å². The van der Waals surface area contributed by atoms with E-state index in [0.29, 0.717) is 6.61 Å². The zero-order chi connectivity index (χ0) is 12.0. The van der Waals surface area contributed by atoms with Gasteiger partial charge in [0.15, 0.2) is 0 Å². The van der Waals surface area contributed by atoms with Gasteiger partial charge in [-0.1, -0.05) is 12.1 Å². The second kappa shape index (κ2) is 6.12. The molecule has 4 nitrogen and oxygen atoms in total. The second-order valence-electron chi connectivity index (χ2n) is 3.32. The summed E-state index contributed by atoms with van der Waals surface area (Å²) in [6.07, 6.45) is -0.146. The van der Waals surface area contributed by atoms with Crippen LogP contribution in [-0.4, -0.2) is 24.8 Å². The number of hydrogen-bond acceptors (Lipinski definition) is 4. The Hall–Kier alpha value is -1.55. The predicted octanol–water partition coefficient (Wildman–Crippen LogP) is 2.03. The summed E-state index contributed by atoms with van der Waals surface area (Å²) in [5.74, 6) is -0.122. The van der Waals surface area contributed by atoms with Crippen molar-refractivity contribution in [1.82, 2.24) is 0 Å². The zero-order valence-electron chi connectivity index (χ0n) is 9.47. The maximum absolute atomic E-state index is 11.2. The highest BCUT2D eigenvalue weighted by Crippen LogP contribution is 2.23. The average Bonchev–Trinajstić information content (AvgIpc) is 2.29. The maximum Gasteiger partial charge on any atom is 0.308 e. The number of carbonyl (C=O) groups excluding carboxylic acids is 1. The number of rotatable bonds is 5. The van der Waals surface area contributed by atoms with Gasteiger partial charge in [0, 0.05) is 6.61 Å². The normalized spacial score (nSPS) is 12.1. The fourth-order valence-electron chi connectivity index (χ4n) is 1.40. The molecule has 88 valence electrons. The Morgan fingerprint density at radius 2 is 2.00 bits per heavy atom. The minimum absolute atomic E-state index is 0.176. The lowest BCUT2D eigenvalue weighted by atomic mass is 10.1. The van der Waals surface area contributed by atoms with Gasteiger partial charge in [-0.3, -0.25) is 4.79 Å². The summed E-state index contributed by atoms with van der Waals surface area (Å²) in [4.78, 5) is 11.2. The first-order chi connectivity index (χ1) is 7.67. The maximum atomic E-state index is 11.2. The van der Waals surface area contributed by atoms with Crippen LogP contribution in [0.2, 0.25) is 0 Å². The molecule has 1 aromatic carbocycles. The Morgan fingerprint density at radius 1 is 1.38 bits per heavy atom. The van der Waals surface area contributed by atoms with E-state index in [4.69, 9.17) is 9.84 Å². The van der Waals surface area contributed by atoms with Crippen LogP contribution in [-0.2, 0) is 14.3 Å². The number of benzene rings is 1. The third-order valence-corrected chi connectivity index (χ3v) is 2.21. The van der Waals surface area contributed by atoms with Gasteiger partial charge in [-0.05, 0) is 24.6 Å². The number of aromatic hydroxyl groups is 1. The minimum Gasteiger partial charge on any atom is -0.508 e. The lowest BCUT2D eigenvalue weighted by molar-refractivity contribution is -0.143. The number of phenolic OH excluding ortho intramolecular Hbond substituents is 1. The van der Waals surface area contributed by atoms with E-state index in [1.54, 1.807) is 24.3 Å². The molecule has 1 N–H and O–H groups in total. The van der Waals surface area contributed by atoms with Crippen LogP contribution in [0.1, 0.15) is 25.0 Å². The molecular weight excluding hydrogens is 208 g/mol. The molecule has 16 heavy (non-hydrogen) atoms. The molecular formula is C12H16O4. The van der Waals surface area contributed by atoms with Gasteiger partial charge in [0.05, 0.1) is 19.6 Å². The van der Waals surface area contributed by atoms with E-state index in [9.17, 15) is 4.79 Å². The Kier molecular flexibility index (Phi) is 4.79. The van der Waals surface area contributed by atoms with Crippen molar-refractivity contribution in [3.63, 3.8) is 0 Å². The lowest BCUT2D eigenvalue weighted by Crippen LogP contribution is -2.11. The monoisotopic (exact) mass is 224 g/mol. The number of methoxy groups -OCH3 is 1. The minimum atomic E-state index is -0.321. The van der Waals surface area contributed by atoms with Crippen LogP contribution in [0.15, 0.2) is 24.3 Å². The molecule has 0 aliphatic heterocycles. The summed E-state index contributed by atoms with van der Waals surface area (Å²) in [6, 6.07) is 6.61. The molecule has 0 aromatic heterocycles. The van der Waals surface area contributed by atoms with Crippen molar-refractivity contribution >= 4 is 5.97 Å². The van der Waals surface area contributed by atoms with Crippen molar-refractivity contribution in [3.05, 3.63) is 29.8 Å². The van der Waals surface area contributed by atoms with E-state index >= 15 is 0 Å². The van der Waals surface area contributed by atoms with Gasteiger partial charge in [0.2, 0.25) is 0 Å². The molecule has 0 spiro atoms. The highest BCUT2D eigenvalue weighted by atomic mass is 16.5. The Bertz CT molecular complexity index is 331. The molecule has 0 fully saturated rings. The largest absolute Gasteiger partial charge is 0.508 e. The SMILES string of the molecule is CCO[C@@H](CC(=O)OC)c1ccc(O)cc1. The molecule has 1 rings (SSSR count). The molecule has 0 unspecified atom stereocenters. The highest BCUT2D eigenvalue weighted by Gasteiger charge is 2.16. The van der Waals surface area contributed by atoms with Crippen molar-refractivity contribution in [2.24, 2.45) is 0 Å². The molecule has 0 aliphatic carbocycles. The van der Waals surface area contributed by atoms with Crippen LogP contribution >= 0.6 is 0 Å². The molecule has 0 aliphatic rings. The molecule has 0 saturated heterocycles. The van der Waals surface area contributed by atoms with Crippen molar-refractivity contribution in [2.45, 2.75) is 19.4 Å². The predicted molar refractivity (Wildman–Crippen MR) is 59.1 cm³/mol. The van der Waals surface area contributed by atoms with E-state index in [0.717, 1.165) is 5.56 Å². The molecule has 1 aromatic rings. The lowest BCUT2D eigenvalue weighted by Gasteiger charge is -2.16. The van der Waals surface area contributed by atoms with Gasteiger partial charge < -0.3 is 14.6 Å². The number of esters is 1. The van der Waals surface area contributed by atoms with Gasteiger partial charge in [0.1, 0.15) is 5.75 Å². The van der Waals surface area contributed by atoms with E-state index in [1.807, 2.05) is 6.92 Å². The number of phenols is 1. The van der Waals surface area contributed by atoms with Crippen LogP contribution in [0.25, 0.3) is 0 Å². The summed E-state index contributed by atoms with van der Waals surface area (Å²) in [6.45, 7) is 2.38. The number of hydrogen-bond donors (Lipinski definition) is 1. The van der Waals surface area contributed by atoms with E-state index in [-0.39, 0.29) is 24.2 Å². The summed E-state index contributed by atoms with van der Waals surface area (Å²) >= 11 is 0. The summed E-state index contributed by atoms with van der Waals surface area (Å²) in [5.41, 5.74) is 0.852. The Balaban J connectivity index is 2.76. The van der Waals surface area contributed by atoms with Gasteiger partial charge in [-0.25, -0.2) is 0 Å². The van der Waals surface area contributed by atoms with Crippen LogP contribution in [0.5, 0.6) is 5.75 Å². The van der Waals surface area contributed by atoms with Crippen molar-refractivity contribution in [2.75, 3.05) is 13.7 Å². The number of carbonyl (C=O) groups is 1. The van der Waals surface area contributed by atoms with Crippen molar-refractivity contribution < 1.29 is 19.4 Å². The van der Waals surface area contributed by atoms with E-state index in [1.165, 1.54) is 7.11 Å². The smallest absolute Gasteiger partial charge is 0.308 e. The van der Waals surface area contributed by atoms with E-state index in [2.05, 4.69) is 4.74 Å². The average molecular weight is 224 g/mol. The Morgan fingerprint density at radius 3 is 2.50 bits per heavy atom. The molecule has 0 heterocycles. The number of ether oxygens (including phenoxy) is 2. The molecule has 4 heteroatoms. The topological polar surface area (TPSA) is 55.8 Å².